The van der Waals surface area contributed by atoms with E-state index in [0.717, 1.165) is 12.8 Å². The number of rotatable bonds is 5. The third-order valence-corrected chi connectivity index (χ3v) is 7.33. The highest BCUT2D eigenvalue weighted by molar-refractivity contribution is 7.93. The lowest BCUT2D eigenvalue weighted by Gasteiger charge is -2.10. The number of likely N-dealkylation sites (tertiary alicyclic amines) is 1. The van der Waals surface area contributed by atoms with Crippen LogP contribution in [0.4, 0.5) is 5.69 Å². The molecule has 2 aromatic heterocycles. The Bertz CT molecular complexity index is 1230. The van der Waals surface area contributed by atoms with Crippen molar-refractivity contribution < 1.29 is 17.7 Å². The molecule has 11 heteroatoms. The highest BCUT2D eigenvalue weighted by Gasteiger charge is 2.27. The summed E-state index contributed by atoms with van der Waals surface area (Å²) in [5, 5.41) is 12.7. The average Bonchev–Trinajstić information content (AvgIpc) is 3.48. The summed E-state index contributed by atoms with van der Waals surface area (Å²) in [6, 6.07) is 9.54. The summed E-state index contributed by atoms with van der Waals surface area (Å²) in [5.74, 6) is -0.238. The Balaban J connectivity index is 1.57. The van der Waals surface area contributed by atoms with Crippen LogP contribution in [0.5, 0.6) is 0 Å². The predicted octanol–water partition coefficient (Wildman–Crippen LogP) is 3.02. The van der Waals surface area contributed by atoms with Gasteiger partial charge in [-0.05, 0) is 50.1 Å². The summed E-state index contributed by atoms with van der Waals surface area (Å²) in [5.41, 5.74) is 0.780. The summed E-state index contributed by atoms with van der Waals surface area (Å²) in [6.07, 6.45) is 1.90. The molecule has 1 aliphatic heterocycles. The Morgan fingerprint density at radius 1 is 1.27 bits per heavy atom. The SMILES string of the molecule is Cc1sc(-c2noc(C(=O)N3CCCC3)n2)cc1S(=O)(=O)Nc1ccc(C#N)cc1. The van der Waals surface area contributed by atoms with Crippen molar-refractivity contribution >= 4 is 33.0 Å². The molecule has 0 atom stereocenters. The number of nitrogens with zero attached hydrogens (tertiary/aromatic N) is 4. The molecule has 0 bridgehead atoms. The van der Waals surface area contributed by atoms with Crippen molar-refractivity contribution in [3.63, 3.8) is 0 Å². The van der Waals surface area contributed by atoms with E-state index in [-0.39, 0.29) is 22.5 Å². The number of nitriles is 1. The maximum absolute atomic E-state index is 12.8. The van der Waals surface area contributed by atoms with Crippen LogP contribution >= 0.6 is 11.3 Å². The molecular formula is C19H17N5O4S2. The first kappa shape index (κ1) is 20.1. The second-order valence-electron chi connectivity index (χ2n) is 6.75. The number of hydrogen-bond donors (Lipinski definition) is 1. The van der Waals surface area contributed by atoms with Crippen molar-refractivity contribution in [3.8, 4) is 16.8 Å². The van der Waals surface area contributed by atoms with Crippen LogP contribution in [0.2, 0.25) is 0 Å². The van der Waals surface area contributed by atoms with Gasteiger partial charge in [0, 0.05) is 23.7 Å². The second kappa shape index (κ2) is 7.89. The molecule has 1 amide bonds. The van der Waals surface area contributed by atoms with Gasteiger partial charge in [-0.25, -0.2) is 8.42 Å². The van der Waals surface area contributed by atoms with Gasteiger partial charge in [0.15, 0.2) is 0 Å². The van der Waals surface area contributed by atoms with Crippen molar-refractivity contribution in [2.45, 2.75) is 24.7 Å². The van der Waals surface area contributed by atoms with Crippen LogP contribution in [0.3, 0.4) is 0 Å². The van der Waals surface area contributed by atoms with Gasteiger partial charge in [-0.3, -0.25) is 9.52 Å². The number of hydrogen-bond acceptors (Lipinski definition) is 8. The van der Waals surface area contributed by atoms with Gasteiger partial charge in [0.05, 0.1) is 16.5 Å². The van der Waals surface area contributed by atoms with Gasteiger partial charge in [-0.1, -0.05) is 5.16 Å². The first-order valence-electron chi connectivity index (χ1n) is 9.14. The topological polar surface area (TPSA) is 129 Å². The van der Waals surface area contributed by atoms with Crippen molar-refractivity contribution in [2.24, 2.45) is 0 Å². The monoisotopic (exact) mass is 443 g/mol. The number of benzene rings is 1. The van der Waals surface area contributed by atoms with E-state index in [1.807, 2.05) is 6.07 Å². The minimum absolute atomic E-state index is 0.0871. The molecule has 0 aliphatic carbocycles. The van der Waals surface area contributed by atoms with E-state index in [2.05, 4.69) is 14.9 Å². The van der Waals surface area contributed by atoms with Crippen LogP contribution in [-0.4, -0.2) is 42.5 Å². The zero-order valence-electron chi connectivity index (χ0n) is 16.0. The van der Waals surface area contributed by atoms with Crippen LogP contribution in [0.1, 0.15) is 34.0 Å². The van der Waals surface area contributed by atoms with Gasteiger partial charge in [0.25, 0.3) is 10.0 Å². The van der Waals surface area contributed by atoms with E-state index >= 15 is 0 Å². The Kier molecular flexibility index (Phi) is 5.27. The van der Waals surface area contributed by atoms with Gasteiger partial charge in [-0.15, -0.1) is 11.3 Å². The fraction of sp³-hybridized carbons (Fsp3) is 0.263. The Hall–Kier alpha value is -3.23. The number of sulfonamides is 1. The first-order valence-corrected chi connectivity index (χ1v) is 11.4. The third kappa shape index (κ3) is 3.92. The number of aryl methyl sites for hydroxylation is 1. The molecule has 1 N–H and O–H groups in total. The highest BCUT2D eigenvalue weighted by Crippen LogP contribution is 2.33. The molecule has 0 spiro atoms. The minimum Gasteiger partial charge on any atom is -0.334 e. The zero-order valence-corrected chi connectivity index (χ0v) is 17.6. The molecule has 3 aromatic rings. The number of nitrogens with one attached hydrogen (secondary N) is 1. The maximum atomic E-state index is 12.8. The van der Waals surface area contributed by atoms with Crippen LogP contribution in [0.15, 0.2) is 39.8 Å². The minimum atomic E-state index is -3.86. The lowest BCUT2D eigenvalue weighted by Crippen LogP contribution is -2.27. The molecule has 1 fully saturated rings. The summed E-state index contributed by atoms with van der Waals surface area (Å²) in [7, 11) is -3.86. The standard InChI is InChI=1S/C19H17N5O4S2/c1-12-16(30(26,27)23-14-6-4-13(11-20)5-7-14)10-15(29-12)17-21-18(28-22-17)19(25)24-8-2-3-9-24/h4-7,10,23H,2-3,8-9H2,1H3. The maximum Gasteiger partial charge on any atom is 0.316 e. The molecule has 30 heavy (non-hydrogen) atoms. The van der Waals surface area contributed by atoms with Gasteiger partial charge in [0.2, 0.25) is 5.82 Å². The molecule has 1 aliphatic rings. The average molecular weight is 444 g/mol. The molecule has 1 aromatic carbocycles. The molecule has 1 saturated heterocycles. The number of carbonyl (C=O) groups excluding carboxylic acids is 1. The van der Waals surface area contributed by atoms with Crippen molar-refractivity contribution in [2.75, 3.05) is 17.8 Å². The second-order valence-corrected chi connectivity index (χ2v) is 9.66. The van der Waals surface area contributed by atoms with Crippen molar-refractivity contribution in [1.82, 2.24) is 15.0 Å². The normalized spacial score (nSPS) is 13.9. The number of aromatic nitrogens is 2. The summed E-state index contributed by atoms with van der Waals surface area (Å²) in [6.45, 7) is 3.01. The van der Waals surface area contributed by atoms with E-state index in [0.29, 0.717) is 34.1 Å². The first-order chi connectivity index (χ1) is 14.4. The Morgan fingerprint density at radius 3 is 2.63 bits per heavy atom. The van der Waals surface area contributed by atoms with E-state index < -0.39 is 10.0 Å². The zero-order chi connectivity index (χ0) is 21.3. The summed E-state index contributed by atoms with van der Waals surface area (Å²) in [4.78, 5) is 19.3. The molecule has 3 heterocycles. The van der Waals surface area contributed by atoms with Crippen LogP contribution < -0.4 is 4.72 Å². The van der Waals surface area contributed by atoms with Crippen LogP contribution in [0.25, 0.3) is 10.7 Å². The van der Waals surface area contributed by atoms with Gasteiger partial charge in [-0.2, -0.15) is 10.2 Å². The quantitative estimate of drug-likeness (QED) is 0.641. The smallest absolute Gasteiger partial charge is 0.316 e. The van der Waals surface area contributed by atoms with E-state index in [4.69, 9.17) is 9.78 Å². The van der Waals surface area contributed by atoms with Crippen LogP contribution in [-0.2, 0) is 10.0 Å². The van der Waals surface area contributed by atoms with E-state index in [9.17, 15) is 13.2 Å². The molecule has 9 nitrogen and oxygen atoms in total. The Labute approximate surface area is 177 Å². The number of thiophene rings is 1. The number of amides is 1. The van der Waals surface area contributed by atoms with Crippen molar-refractivity contribution in [1.29, 1.82) is 5.26 Å². The fourth-order valence-electron chi connectivity index (χ4n) is 3.13. The number of carbonyl (C=O) groups is 1. The van der Waals surface area contributed by atoms with Gasteiger partial charge in [0.1, 0.15) is 4.90 Å². The molecule has 4 rings (SSSR count). The lowest BCUT2D eigenvalue weighted by molar-refractivity contribution is 0.0743. The largest absolute Gasteiger partial charge is 0.334 e. The molecule has 0 saturated carbocycles. The van der Waals surface area contributed by atoms with Gasteiger partial charge >= 0.3 is 11.8 Å². The molecular weight excluding hydrogens is 426 g/mol. The molecule has 0 radical (unpaired) electrons. The molecule has 0 unspecified atom stereocenters. The summed E-state index contributed by atoms with van der Waals surface area (Å²) >= 11 is 1.20. The number of anilines is 1. The van der Waals surface area contributed by atoms with E-state index in [1.54, 1.807) is 11.8 Å². The van der Waals surface area contributed by atoms with Crippen LogP contribution in [0, 0.1) is 18.3 Å². The fourth-order valence-corrected chi connectivity index (χ4v) is 5.71. The lowest BCUT2D eigenvalue weighted by atomic mass is 10.2. The summed E-state index contributed by atoms with van der Waals surface area (Å²) < 4.78 is 33.2. The van der Waals surface area contributed by atoms with Crippen molar-refractivity contribution in [3.05, 3.63) is 46.7 Å². The van der Waals surface area contributed by atoms with E-state index in [1.165, 1.54) is 41.7 Å². The Morgan fingerprint density at radius 2 is 1.97 bits per heavy atom. The molecule has 154 valence electrons. The third-order valence-electron chi connectivity index (χ3n) is 4.65. The predicted molar refractivity (Wildman–Crippen MR) is 109 cm³/mol. The highest BCUT2D eigenvalue weighted by atomic mass is 32.2. The van der Waals surface area contributed by atoms with Gasteiger partial charge < -0.3 is 9.42 Å².